The number of carboxylic acids is 1. The number of unbranched alkanes of at least 4 members (excludes halogenated alkanes) is 2. The highest BCUT2D eigenvalue weighted by molar-refractivity contribution is 5.86. The number of rotatable bonds is 10. The van der Waals surface area contributed by atoms with Crippen LogP contribution in [-0.4, -0.2) is 39.3 Å². The number of carboxylic acid groups (broad SMARTS) is 1. The average molecular weight is 324 g/mol. The minimum absolute atomic E-state index is 0.0249. The van der Waals surface area contributed by atoms with Crippen LogP contribution in [0.4, 0.5) is 0 Å². The van der Waals surface area contributed by atoms with Crippen LogP contribution < -0.4 is 0 Å². The van der Waals surface area contributed by atoms with Crippen LogP contribution in [0, 0.1) is 11.8 Å². The Morgan fingerprint density at radius 3 is 2.74 bits per heavy atom. The first-order valence-electron chi connectivity index (χ1n) is 8.39. The predicted molar refractivity (Wildman–Crippen MR) is 87.9 cm³/mol. The largest absolute Gasteiger partial charge is 0.481 e. The van der Waals surface area contributed by atoms with E-state index in [1.807, 2.05) is 19.1 Å². The summed E-state index contributed by atoms with van der Waals surface area (Å²) in [6, 6.07) is 0. The summed E-state index contributed by atoms with van der Waals surface area (Å²) < 4.78 is 0. The number of aliphatic hydroxyl groups is 2. The standard InChI is InChI=1S/C18H28O5/c1-2-13(19)10-11-15-14(16(20)12-17(15)21)8-6-4-3-5-7-9-18(22)23/h4,6,10-11,13-16,19-20H,2-3,5,7-9,12H2,1H3,(H,22,23)/b6-4-,11-10+/t13-,14-,15+,16+/m1/s1. The third-order valence-electron chi connectivity index (χ3n) is 4.28. The molecule has 3 N–H and O–H groups in total. The van der Waals surface area contributed by atoms with Gasteiger partial charge in [0.1, 0.15) is 5.78 Å². The van der Waals surface area contributed by atoms with Crippen molar-refractivity contribution < 1.29 is 24.9 Å². The Bertz CT molecular complexity index is 441. The Kier molecular flexibility index (Phi) is 8.81. The summed E-state index contributed by atoms with van der Waals surface area (Å²) in [5.41, 5.74) is 0. The lowest BCUT2D eigenvalue weighted by atomic mass is 9.90. The summed E-state index contributed by atoms with van der Waals surface area (Å²) in [5.74, 6) is -1.22. The van der Waals surface area contributed by atoms with Crippen molar-refractivity contribution in [1.29, 1.82) is 0 Å². The molecule has 1 aliphatic rings. The molecule has 0 aromatic heterocycles. The lowest BCUT2D eigenvalue weighted by molar-refractivity contribution is -0.137. The number of Topliss-reactive ketones (excluding diaryl/α,β-unsaturated/α-hetero) is 1. The van der Waals surface area contributed by atoms with E-state index in [4.69, 9.17) is 5.11 Å². The smallest absolute Gasteiger partial charge is 0.303 e. The van der Waals surface area contributed by atoms with Crippen LogP contribution in [0.2, 0.25) is 0 Å². The molecular weight excluding hydrogens is 296 g/mol. The van der Waals surface area contributed by atoms with Crippen LogP contribution in [0.25, 0.3) is 0 Å². The SMILES string of the molecule is CC[C@@H](O)/C=C/[C@@H]1C(=O)C[C@H](O)[C@@H]1C/C=C\CCCCC(=O)O. The molecule has 0 radical (unpaired) electrons. The van der Waals surface area contributed by atoms with Crippen molar-refractivity contribution >= 4 is 11.8 Å². The second kappa shape index (κ2) is 10.3. The average Bonchev–Trinajstić information content (AvgIpc) is 2.77. The minimum atomic E-state index is -0.773. The summed E-state index contributed by atoms with van der Waals surface area (Å²) in [5, 5.41) is 28.2. The molecule has 4 atom stereocenters. The molecule has 0 heterocycles. The molecular formula is C18H28O5. The molecule has 5 nitrogen and oxygen atoms in total. The van der Waals surface area contributed by atoms with Crippen molar-refractivity contribution in [3.05, 3.63) is 24.3 Å². The van der Waals surface area contributed by atoms with Gasteiger partial charge >= 0.3 is 5.97 Å². The summed E-state index contributed by atoms with van der Waals surface area (Å²) in [6.07, 6.45) is 10.0. The molecule has 0 amide bonds. The third-order valence-corrected chi connectivity index (χ3v) is 4.28. The second-order valence-electron chi connectivity index (χ2n) is 6.13. The van der Waals surface area contributed by atoms with E-state index in [0.29, 0.717) is 19.3 Å². The maximum atomic E-state index is 12.0. The summed E-state index contributed by atoms with van der Waals surface area (Å²) in [4.78, 5) is 22.4. The van der Waals surface area contributed by atoms with E-state index in [-0.39, 0.29) is 30.5 Å². The summed E-state index contributed by atoms with van der Waals surface area (Å²) in [7, 11) is 0. The van der Waals surface area contributed by atoms with Gasteiger partial charge in [-0.3, -0.25) is 9.59 Å². The van der Waals surface area contributed by atoms with Crippen molar-refractivity contribution in [2.45, 2.75) is 64.1 Å². The number of hydrogen-bond donors (Lipinski definition) is 3. The Morgan fingerprint density at radius 1 is 1.35 bits per heavy atom. The zero-order valence-electron chi connectivity index (χ0n) is 13.7. The number of carbonyl (C=O) groups excluding carboxylic acids is 1. The monoisotopic (exact) mass is 324 g/mol. The van der Waals surface area contributed by atoms with Gasteiger partial charge in [0.25, 0.3) is 0 Å². The Morgan fingerprint density at radius 2 is 2.09 bits per heavy atom. The highest BCUT2D eigenvalue weighted by Gasteiger charge is 2.39. The lowest BCUT2D eigenvalue weighted by Gasteiger charge is -2.16. The Balaban J connectivity index is 2.43. The van der Waals surface area contributed by atoms with Crippen LogP contribution in [0.15, 0.2) is 24.3 Å². The van der Waals surface area contributed by atoms with Crippen molar-refractivity contribution in [2.24, 2.45) is 11.8 Å². The van der Waals surface area contributed by atoms with E-state index in [1.165, 1.54) is 0 Å². The van der Waals surface area contributed by atoms with E-state index in [0.717, 1.165) is 12.8 Å². The number of hydrogen-bond acceptors (Lipinski definition) is 4. The first-order valence-corrected chi connectivity index (χ1v) is 8.39. The summed E-state index contributed by atoms with van der Waals surface area (Å²) in [6.45, 7) is 1.87. The van der Waals surface area contributed by atoms with Gasteiger partial charge in [-0.2, -0.15) is 0 Å². The van der Waals surface area contributed by atoms with Crippen LogP contribution >= 0.6 is 0 Å². The molecule has 1 aliphatic carbocycles. The topological polar surface area (TPSA) is 94.8 Å². The van der Waals surface area contributed by atoms with Crippen molar-refractivity contribution in [3.8, 4) is 0 Å². The summed E-state index contributed by atoms with van der Waals surface area (Å²) >= 11 is 0. The lowest BCUT2D eigenvalue weighted by Crippen LogP contribution is -2.19. The van der Waals surface area contributed by atoms with E-state index in [1.54, 1.807) is 12.2 Å². The molecule has 130 valence electrons. The first-order chi connectivity index (χ1) is 11.0. The van der Waals surface area contributed by atoms with Crippen molar-refractivity contribution in [1.82, 2.24) is 0 Å². The van der Waals surface area contributed by atoms with Gasteiger partial charge < -0.3 is 15.3 Å². The van der Waals surface area contributed by atoms with E-state index in [9.17, 15) is 19.8 Å². The zero-order valence-corrected chi connectivity index (χ0v) is 13.7. The normalized spacial score (nSPS) is 26.4. The number of aliphatic hydroxyl groups excluding tert-OH is 2. The van der Waals surface area contributed by atoms with Crippen LogP contribution in [0.5, 0.6) is 0 Å². The Hall–Kier alpha value is -1.46. The predicted octanol–water partition coefficient (Wildman–Crippen LogP) is 2.47. The fourth-order valence-electron chi connectivity index (χ4n) is 2.82. The highest BCUT2D eigenvalue weighted by Crippen LogP contribution is 2.33. The molecule has 0 spiro atoms. The molecule has 0 bridgehead atoms. The van der Waals surface area contributed by atoms with E-state index < -0.39 is 18.2 Å². The van der Waals surface area contributed by atoms with Crippen molar-refractivity contribution in [2.75, 3.05) is 0 Å². The number of allylic oxidation sites excluding steroid dienone is 3. The molecule has 1 rings (SSSR count). The number of aliphatic carboxylic acids is 1. The molecule has 0 saturated heterocycles. The minimum Gasteiger partial charge on any atom is -0.481 e. The van der Waals surface area contributed by atoms with E-state index >= 15 is 0 Å². The van der Waals surface area contributed by atoms with Crippen LogP contribution in [0.3, 0.4) is 0 Å². The molecule has 0 aromatic carbocycles. The van der Waals surface area contributed by atoms with Gasteiger partial charge in [0.15, 0.2) is 0 Å². The van der Waals surface area contributed by atoms with Gasteiger partial charge in [0.05, 0.1) is 12.2 Å². The quantitative estimate of drug-likeness (QED) is 0.424. The van der Waals surface area contributed by atoms with Crippen LogP contribution in [-0.2, 0) is 9.59 Å². The van der Waals surface area contributed by atoms with Crippen molar-refractivity contribution in [3.63, 3.8) is 0 Å². The fraction of sp³-hybridized carbons (Fsp3) is 0.667. The Labute approximate surface area is 137 Å². The van der Waals surface area contributed by atoms with Gasteiger partial charge in [-0.15, -0.1) is 0 Å². The third kappa shape index (κ3) is 7.10. The van der Waals surface area contributed by atoms with Gasteiger partial charge in [-0.1, -0.05) is 31.2 Å². The highest BCUT2D eigenvalue weighted by atomic mass is 16.4. The molecule has 23 heavy (non-hydrogen) atoms. The molecule has 0 unspecified atom stereocenters. The number of carbonyl (C=O) groups is 2. The van der Waals surface area contributed by atoms with Crippen LogP contribution in [0.1, 0.15) is 51.9 Å². The van der Waals surface area contributed by atoms with Gasteiger partial charge in [0.2, 0.25) is 0 Å². The maximum Gasteiger partial charge on any atom is 0.303 e. The molecule has 1 saturated carbocycles. The van der Waals surface area contributed by atoms with Gasteiger partial charge in [-0.25, -0.2) is 0 Å². The molecule has 5 heteroatoms. The molecule has 1 fully saturated rings. The van der Waals surface area contributed by atoms with Gasteiger partial charge in [-0.05, 0) is 32.1 Å². The second-order valence-corrected chi connectivity index (χ2v) is 6.13. The fourth-order valence-corrected chi connectivity index (χ4v) is 2.82. The maximum absolute atomic E-state index is 12.0. The van der Waals surface area contributed by atoms with E-state index in [2.05, 4.69) is 0 Å². The first kappa shape index (κ1) is 19.6. The zero-order chi connectivity index (χ0) is 17.2. The molecule has 0 aliphatic heterocycles. The number of ketones is 1. The van der Waals surface area contributed by atoms with Gasteiger partial charge in [0, 0.05) is 24.7 Å². The molecule has 0 aromatic rings.